The molecule has 8 heteroatoms. The lowest BCUT2D eigenvalue weighted by Crippen LogP contribution is -2.43. The zero-order valence-corrected chi connectivity index (χ0v) is 13.3. The van der Waals surface area contributed by atoms with Crippen LogP contribution in [0.25, 0.3) is 0 Å². The van der Waals surface area contributed by atoms with Crippen molar-refractivity contribution in [3.05, 3.63) is 0 Å². The number of nitrogens with zero attached hydrogens (tertiary/aromatic N) is 1. The molecule has 6 nitrogen and oxygen atoms in total. The normalized spacial score (nSPS) is 20.8. The van der Waals surface area contributed by atoms with Crippen molar-refractivity contribution in [2.75, 3.05) is 50.0 Å². The average Bonchev–Trinajstić information content (AvgIpc) is 3.24. The highest BCUT2D eigenvalue weighted by Gasteiger charge is 2.24. The largest absolute Gasteiger partial charge is 0.354 e. The van der Waals surface area contributed by atoms with Gasteiger partial charge in [-0.1, -0.05) is 0 Å². The van der Waals surface area contributed by atoms with Crippen LogP contribution < -0.4 is 10.6 Å². The van der Waals surface area contributed by atoms with Crippen molar-refractivity contribution < 1.29 is 13.2 Å². The molecule has 2 N–H and O–H groups in total. The molecule has 1 aliphatic heterocycles. The number of hydrogen-bond donors (Lipinski definition) is 2. The molecule has 2 aliphatic rings. The van der Waals surface area contributed by atoms with Crippen LogP contribution in [0.1, 0.15) is 12.8 Å². The average molecular weight is 321 g/mol. The Morgan fingerprint density at radius 1 is 1.25 bits per heavy atom. The highest BCUT2D eigenvalue weighted by Crippen LogP contribution is 2.27. The van der Waals surface area contributed by atoms with Gasteiger partial charge in [0.1, 0.15) is 0 Å². The summed E-state index contributed by atoms with van der Waals surface area (Å²) >= 11 is 1.78. The number of carbonyl (C=O) groups excluding carboxylic acids is 1. The highest BCUT2D eigenvalue weighted by atomic mass is 32.2. The summed E-state index contributed by atoms with van der Waals surface area (Å²) in [7, 11) is -3.22. The van der Waals surface area contributed by atoms with Crippen LogP contribution in [0.4, 0.5) is 0 Å². The lowest BCUT2D eigenvalue weighted by Gasteiger charge is -2.25. The van der Waals surface area contributed by atoms with Gasteiger partial charge in [0.2, 0.25) is 15.9 Å². The molecule has 1 aliphatic carbocycles. The summed E-state index contributed by atoms with van der Waals surface area (Å²) in [5.41, 5.74) is 0. The molecule has 1 amide bonds. The van der Waals surface area contributed by atoms with Gasteiger partial charge < -0.3 is 10.6 Å². The third-order valence-electron chi connectivity index (χ3n) is 3.46. The predicted molar refractivity (Wildman–Crippen MR) is 81.3 cm³/mol. The van der Waals surface area contributed by atoms with Crippen molar-refractivity contribution in [2.24, 2.45) is 5.92 Å². The quantitative estimate of drug-likeness (QED) is 0.629. The summed E-state index contributed by atoms with van der Waals surface area (Å²) in [5.74, 6) is 2.31. The van der Waals surface area contributed by atoms with Crippen LogP contribution >= 0.6 is 11.8 Å². The van der Waals surface area contributed by atoms with E-state index in [4.69, 9.17) is 0 Å². The molecule has 116 valence electrons. The van der Waals surface area contributed by atoms with Crippen molar-refractivity contribution in [2.45, 2.75) is 12.8 Å². The lowest BCUT2D eigenvalue weighted by atomic mass is 10.4. The molecule has 0 spiro atoms. The van der Waals surface area contributed by atoms with Crippen LogP contribution in [0.5, 0.6) is 0 Å². The van der Waals surface area contributed by atoms with Crippen LogP contribution in [-0.2, 0) is 14.8 Å². The van der Waals surface area contributed by atoms with Crippen LogP contribution in [0.3, 0.4) is 0 Å². The molecule has 1 heterocycles. The standard InChI is InChI=1S/C12H23N3O3S2/c16-12(10-13-9-11-1-2-11)14-3-8-20(17,18)15-4-6-19-7-5-15/h11,13H,1-10H2,(H,14,16). The Kier molecular flexibility index (Phi) is 6.13. The van der Waals surface area contributed by atoms with E-state index < -0.39 is 10.0 Å². The van der Waals surface area contributed by atoms with Gasteiger partial charge in [0.15, 0.2) is 0 Å². The predicted octanol–water partition coefficient (Wildman–Crippen LogP) is -0.519. The van der Waals surface area contributed by atoms with E-state index in [1.54, 1.807) is 11.8 Å². The SMILES string of the molecule is O=C(CNCC1CC1)NCCS(=O)(=O)N1CCSCC1. The molecule has 0 unspecified atom stereocenters. The summed E-state index contributed by atoms with van der Waals surface area (Å²) in [6.45, 7) is 2.53. The zero-order valence-electron chi connectivity index (χ0n) is 11.6. The second-order valence-electron chi connectivity index (χ2n) is 5.25. The molecule has 0 aromatic rings. The minimum Gasteiger partial charge on any atom is -0.354 e. The smallest absolute Gasteiger partial charge is 0.233 e. The van der Waals surface area contributed by atoms with Crippen LogP contribution in [0, 0.1) is 5.92 Å². The first kappa shape index (κ1) is 16.1. The maximum absolute atomic E-state index is 12.0. The molecule has 0 aromatic heterocycles. The van der Waals surface area contributed by atoms with E-state index in [2.05, 4.69) is 10.6 Å². The number of sulfonamides is 1. The Bertz CT molecular complexity index is 418. The third kappa shape index (κ3) is 5.59. The van der Waals surface area contributed by atoms with Crippen LogP contribution in [0.2, 0.25) is 0 Å². The summed E-state index contributed by atoms with van der Waals surface area (Å²) < 4.78 is 25.6. The van der Waals surface area contributed by atoms with Crippen molar-refractivity contribution in [1.82, 2.24) is 14.9 Å². The van der Waals surface area contributed by atoms with Gasteiger partial charge in [-0.3, -0.25) is 4.79 Å². The van der Waals surface area contributed by atoms with Gasteiger partial charge in [0.05, 0.1) is 12.3 Å². The third-order valence-corrected chi connectivity index (χ3v) is 6.28. The Hall–Kier alpha value is -0.310. The van der Waals surface area contributed by atoms with E-state index in [1.165, 1.54) is 17.1 Å². The number of rotatable bonds is 8. The number of thioether (sulfide) groups is 1. The van der Waals surface area contributed by atoms with E-state index >= 15 is 0 Å². The Morgan fingerprint density at radius 3 is 2.60 bits per heavy atom. The second-order valence-corrected chi connectivity index (χ2v) is 8.56. The zero-order chi connectivity index (χ0) is 14.4. The lowest BCUT2D eigenvalue weighted by molar-refractivity contribution is -0.120. The van der Waals surface area contributed by atoms with Gasteiger partial charge in [0.25, 0.3) is 0 Å². The van der Waals surface area contributed by atoms with E-state index in [9.17, 15) is 13.2 Å². The Morgan fingerprint density at radius 2 is 1.95 bits per heavy atom. The van der Waals surface area contributed by atoms with Gasteiger partial charge in [0, 0.05) is 31.1 Å². The minimum absolute atomic E-state index is 0.00791. The number of amides is 1. The van der Waals surface area contributed by atoms with Crippen molar-refractivity contribution in [3.8, 4) is 0 Å². The first-order chi connectivity index (χ1) is 9.58. The van der Waals surface area contributed by atoms with Gasteiger partial charge >= 0.3 is 0 Å². The van der Waals surface area contributed by atoms with Gasteiger partial charge in [-0.2, -0.15) is 11.8 Å². The number of carbonyl (C=O) groups is 1. The molecule has 1 saturated carbocycles. The van der Waals surface area contributed by atoms with Crippen molar-refractivity contribution >= 4 is 27.7 Å². The first-order valence-electron chi connectivity index (χ1n) is 7.11. The van der Waals surface area contributed by atoms with E-state index in [0.717, 1.165) is 24.0 Å². The molecular weight excluding hydrogens is 298 g/mol. The maximum Gasteiger partial charge on any atom is 0.233 e. The van der Waals surface area contributed by atoms with Gasteiger partial charge in [-0.25, -0.2) is 12.7 Å². The number of nitrogens with one attached hydrogen (secondary N) is 2. The fourth-order valence-electron chi connectivity index (χ4n) is 2.05. The van der Waals surface area contributed by atoms with E-state index in [1.807, 2.05) is 0 Å². The molecule has 20 heavy (non-hydrogen) atoms. The Balaban J connectivity index is 1.59. The molecule has 0 radical (unpaired) electrons. The Labute approximate surface area is 125 Å². The topological polar surface area (TPSA) is 78.5 Å². The molecule has 2 fully saturated rings. The fraction of sp³-hybridized carbons (Fsp3) is 0.917. The minimum atomic E-state index is -3.22. The summed E-state index contributed by atoms with van der Waals surface area (Å²) in [6, 6.07) is 0. The van der Waals surface area contributed by atoms with Crippen molar-refractivity contribution in [1.29, 1.82) is 0 Å². The summed E-state index contributed by atoms with van der Waals surface area (Å²) in [5, 5.41) is 5.74. The molecule has 0 aromatic carbocycles. The van der Waals surface area contributed by atoms with Crippen molar-refractivity contribution in [3.63, 3.8) is 0 Å². The molecule has 2 rings (SSSR count). The molecular formula is C12H23N3O3S2. The monoisotopic (exact) mass is 321 g/mol. The van der Waals surface area contributed by atoms with E-state index in [-0.39, 0.29) is 24.7 Å². The number of hydrogen-bond acceptors (Lipinski definition) is 5. The van der Waals surface area contributed by atoms with E-state index in [0.29, 0.717) is 13.1 Å². The van der Waals surface area contributed by atoms with Gasteiger partial charge in [-0.05, 0) is 25.3 Å². The first-order valence-corrected chi connectivity index (χ1v) is 9.87. The maximum atomic E-state index is 12.0. The highest BCUT2D eigenvalue weighted by molar-refractivity contribution is 7.99. The fourth-order valence-corrected chi connectivity index (χ4v) is 4.54. The molecule has 0 atom stereocenters. The molecule has 0 bridgehead atoms. The van der Waals surface area contributed by atoms with Gasteiger partial charge in [-0.15, -0.1) is 0 Å². The second kappa shape index (κ2) is 7.63. The van der Waals surface area contributed by atoms with Crippen LogP contribution in [-0.4, -0.2) is 68.6 Å². The summed E-state index contributed by atoms with van der Waals surface area (Å²) in [4.78, 5) is 11.5. The summed E-state index contributed by atoms with van der Waals surface area (Å²) in [6.07, 6.45) is 2.50. The molecule has 1 saturated heterocycles. The van der Waals surface area contributed by atoms with Crippen LogP contribution in [0.15, 0.2) is 0 Å².